The average Bonchev–Trinajstić information content (AvgIpc) is 2.72. The molecule has 2 aromatic rings. The summed E-state index contributed by atoms with van der Waals surface area (Å²) in [5.41, 5.74) is 1.29. The standard InChI is InChI=1S/C12H10N4O2S/c1-16-9-3-2-7(4-8(6-13)11(17)18)5-10(9)19-12(16)15-14/h2-5H,14H2,1H3,(H,17,18)/b8-4-,15-12-. The smallest absolute Gasteiger partial charge is 0.346 e. The van der Waals surface area contributed by atoms with E-state index in [2.05, 4.69) is 5.10 Å². The minimum atomic E-state index is -1.24. The second kappa shape index (κ2) is 4.96. The molecule has 0 saturated carbocycles. The third-order valence-electron chi connectivity index (χ3n) is 2.61. The number of rotatable bonds is 2. The summed E-state index contributed by atoms with van der Waals surface area (Å²) in [6, 6.07) is 7.03. The van der Waals surface area contributed by atoms with E-state index < -0.39 is 5.97 Å². The van der Waals surface area contributed by atoms with Gasteiger partial charge in [0, 0.05) is 7.05 Å². The van der Waals surface area contributed by atoms with Gasteiger partial charge in [-0.25, -0.2) is 4.79 Å². The van der Waals surface area contributed by atoms with Crippen LogP contribution in [-0.4, -0.2) is 15.6 Å². The molecule has 0 aliphatic heterocycles. The number of benzene rings is 1. The zero-order chi connectivity index (χ0) is 14.0. The summed E-state index contributed by atoms with van der Waals surface area (Å²) in [5.74, 6) is 4.04. The molecule has 0 radical (unpaired) electrons. The number of hydrogen-bond donors (Lipinski definition) is 2. The Kier molecular flexibility index (Phi) is 3.35. The van der Waals surface area contributed by atoms with Crippen LogP contribution in [0.1, 0.15) is 5.56 Å². The van der Waals surface area contributed by atoms with Gasteiger partial charge in [-0.1, -0.05) is 17.4 Å². The molecule has 3 N–H and O–H groups in total. The number of aliphatic carboxylic acids is 1. The van der Waals surface area contributed by atoms with Gasteiger partial charge in [-0.05, 0) is 23.8 Å². The molecule has 6 nitrogen and oxygen atoms in total. The van der Waals surface area contributed by atoms with Crippen molar-refractivity contribution in [3.63, 3.8) is 0 Å². The van der Waals surface area contributed by atoms with Crippen molar-refractivity contribution in [2.24, 2.45) is 18.0 Å². The molecule has 0 spiro atoms. The second-order valence-corrected chi connectivity index (χ2v) is 4.78. The highest BCUT2D eigenvalue weighted by atomic mass is 32.1. The number of carboxylic acids is 1. The molecule has 0 saturated heterocycles. The molecular formula is C12H10N4O2S. The van der Waals surface area contributed by atoms with Gasteiger partial charge >= 0.3 is 5.97 Å². The Morgan fingerprint density at radius 2 is 2.37 bits per heavy atom. The van der Waals surface area contributed by atoms with E-state index in [1.807, 2.05) is 17.7 Å². The first-order valence-corrected chi connectivity index (χ1v) is 6.07. The van der Waals surface area contributed by atoms with E-state index in [-0.39, 0.29) is 5.57 Å². The van der Waals surface area contributed by atoms with Crippen LogP contribution >= 0.6 is 11.3 Å². The lowest BCUT2D eigenvalue weighted by Gasteiger charge is -1.97. The number of carbonyl (C=O) groups is 1. The van der Waals surface area contributed by atoms with Crippen LogP contribution in [0.3, 0.4) is 0 Å². The van der Waals surface area contributed by atoms with Crippen molar-refractivity contribution in [1.82, 2.24) is 4.57 Å². The summed E-state index contributed by atoms with van der Waals surface area (Å²) >= 11 is 1.39. The highest BCUT2D eigenvalue weighted by Gasteiger charge is 2.07. The van der Waals surface area contributed by atoms with Crippen LogP contribution in [0, 0.1) is 11.3 Å². The van der Waals surface area contributed by atoms with Crippen LogP contribution in [-0.2, 0) is 11.8 Å². The molecular weight excluding hydrogens is 264 g/mol. The Labute approximate surface area is 112 Å². The Balaban J connectivity index is 2.61. The highest BCUT2D eigenvalue weighted by Crippen LogP contribution is 2.19. The number of hydrogen-bond acceptors (Lipinski definition) is 5. The number of nitrogens with two attached hydrogens (primary N) is 1. The van der Waals surface area contributed by atoms with Gasteiger partial charge in [0.1, 0.15) is 11.6 Å². The number of fused-ring (bicyclic) bond motifs is 1. The van der Waals surface area contributed by atoms with Gasteiger partial charge in [-0.3, -0.25) is 0 Å². The van der Waals surface area contributed by atoms with E-state index in [1.54, 1.807) is 18.2 Å². The molecule has 19 heavy (non-hydrogen) atoms. The summed E-state index contributed by atoms with van der Waals surface area (Å²) < 4.78 is 2.76. The van der Waals surface area contributed by atoms with Gasteiger partial charge in [0.25, 0.3) is 0 Å². The third kappa shape index (κ3) is 2.34. The summed E-state index contributed by atoms with van der Waals surface area (Å²) in [4.78, 5) is 11.4. The predicted octanol–water partition coefficient (Wildman–Crippen LogP) is 1.01. The molecule has 0 unspecified atom stereocenters. The fourth-order valence-electron chi connectivity index (χ4n) is 1.67. The zero-order valence-corrected chi connectivity index (χ0v) is 10.8. The summed E-state index contributed by atoms with van der Waals surface area (Å²) in [6.07, 6.45) is 1.33. The minimum Gasteiger partial charge on any atom is -0.477 e. The van der Waals surface area contributed by atoms with E-state index >= 15 is 0 Å². The van der Waals surface area contributed by atoms with Crippen LogP contribution in [0.2, 0.25) is 0 Å². The summed E-state index contributed by atoms with van der Waals surface area (Å²) in [5, 5.41) is 21.2. The quantitative estimate of drug-likeness (QED) is 0.369. The number of aromatic nitrogens is 1. The van der Waals surface area contributed by atoms with Crippen LogP contribution in [0.25, 0.3) is 16.3 Å². The SMILES string of the molecule is Cn1/c(=N/N)sc2cc(/C=C(/C#N)C(=O)O)ccc21. The number of thiazole rings is 1. The van der Waals surface area contributed by atoms with Crippen LogP contribution in [0.4, 0.5) is 0 Å². The number of carboxylic acid groups (broad SMARTS) is 1. The largest absolute Gasteiger partial charge is 0.477 e. The molecule has 0 fully saturated rings. The molecule has 1 aromatic carbocycles. The molecule has 7 heteroatoms. The van der Waals surface area contributed by atoms with Gasteiger partial charge < -0.3 is 15.5 Å². The lowest BCUT2D eigenvalue weighted by molar-refractivity contribution is -0.132. The summed E-state index contributed by atoms with van der Waals surface area (Å²) in [7, 11) is 1.85. The molecule has 1 aromatic heterocycles. The Morgan fingerprint density at radius 3 is 2.95 bits per heavy atom. The van der Waals surface area contributed by atoms with Crippen molar-refractivity contribution in [3.8, 4) is 6.07 Å². The molecule has 1 heterocycles. The number of nitriles is 1. The molecule has 0 atom stereocenters. The molecule has 2 rings (SSSR count). The average molecular weight is 274 g/mol. The van der Waals surface area contributed by atoms with Crippen molar-refractivity contribution in [2.75, 3.05) is 0 Å². The lowest BCUT2D eigenvalue weighted by Crippen LogP contribution is -2.12. The van der Waals surface area contributed by atoms with Gasteiger partial charge in [-0.2, -0.15) is 10.4 Å². The second-order valence-electron chi connectivity index (χ2n) is 3.77. The maximum absolute atomic E-state index is 10.8. The Morgan fingerprint density at radius 1 is 1.63 bits per heavy atom. The zero-order valence-electron chi connectivity index (χ0n) is 9.99. The van der Waals surface area contributed by atoms with Crippen molar-refractivity contribution < 1.29 is 9.90 Å². The predicted molar refractivity (Wildman–Crippen MR) is 71.8 cm³/mol. The first-order chi connectivity index (χ1) is 9.06. The van der Waals surface area contributed by atoms with Crippen molar-refractivity contribution in [2.45, 2.75) is 0 Å². The van der Waals surface area contributed by atoms with Crippen molar-refractivity contribution in [3.05, 3.63) is 34.1 Å². The fourth-order valence-corrected chi connectivity index (χ4v) is 2.66. The molecule has 96 valence electrons. The number of nitrogens with zero attached hydrogens (tertiary/aromatic N) is 3. The molecule has 0 amide bonds. The van der Waals surface area contributed by atoms with E-state index in [4.69, 9.17) is 16.2 Å². The first kappa shape index (κ1) is 12.9. The monoisotopic (exact) mass is 274 g/mol. The maximum Gasteiger partial charge on any atom is 0.346 e. The first-order valence-electron chi connectivity index (χ1n) is 5.25. The molecule has 0 aliphatic rings. The fraction of sp³-hybridized carbons (Fsp3) is 0.0833. The van der Waals surface area contributed by atoms with Crippen LogP contribution < -0.4 is 10.6 Å². The van der Waals surface area contributed by atoms with Crippen molar-refractivity contribution >= 4 is 33.6 Å². The van der Waals surface area contributed by atoms with E-state index in [9.17, 15) is 4.79 Å². The maximum atomic E-state index is 10.8. The van der Waals surface area contributed by atoms with Crippen LogP contribution in [0.5, 0.6) is 0 Å². The van der Waals surface area contributed by atoms with Gasteiger partial charge in [0.2, 0.25) is 4.80 Å². The highest BCUT2D eigenvalue weighted by molar-refractivity contribution is 7.16. The van der Waals surface area contributed by atoms with Gasteiger partial charge in [0.15, 0.2) is 0 Å². The third-order valence-corrected chi connectivity index (χ3v) is 3.71. The van der Waals surface area contributed by atoms with E-state index in [1.165, 1.54) is 17.4 Å². The van der Waals surface area contributed by atoms with Gasteiger partial charge in [-0.15, -0.1) is 0 Å². The topological polar surface area (TPSA) is 104 Å². The Bertz CT molecular complexity index is 792. The van der Waals surface area contributed by atoms with E-state index in [0.29, 0.717) is 10.4 Å². The Hall–Kier alpha value is -2.59. The van der Waals surface area contributed by atoms with Gasteiger partial charge in [0.05, 0.1) is 10.2 Å². The van der Waals surface area contributed by atoms with E-state index in [0.717, 1.165) is 10.2 Å². The molecule has 0 bridgehead atoms. The van der Waals surface area contributed by atoms with Crippen LogP contribution in [0.15, 0.2) is 28.9 Å². The van der Waals surface area contributed by atoms with Crippen molar-refractivity contribution in [1.29, 1.82) is 5.26 Å². The summed E-state index contributed by atoms with van der Waals surface area (Å²) in [6.45, 7) is 0. The minimum absolute atomic E-state index is 0.302. The lowest BCUT2D eigenvalue weighted by atomic mass is 10.1. The normalized spacial score (nSPS) is 12.6. The number of aryl methyl sites for hydroxylation is 1. The molecule has 0 aliphatic carbocycles.